The highest BCUT2D eigenvalue weighted by Gasteiger charge is 2.03. The molecule has 0 radical (unpaired) electrons. The summed E-state index contributed by atoms with van der Waals surface area (Å²) in [6, 6.07) is 7.70. The van der Waals surface area contributed by atoms with Crippen molar-refractivity contribution in [3.05, 3.63) is 45.9 Å². The Balaban J connectivity index is 1.95. The van der Waals surface area contributed by atoms with Crippen molar-refractivity contribution in [2.45, 2.75) is 13.1 Å². The van der Waals surface area contributed by atoms with Crippen LogP contribution < -0.4 is 10.1 Å². The Labute approximate surface area is 110 Å². The topological polar surface area (TPSA) is 57.9 Å². The molecule has 18 heavy (non-hydrogen) atoms. The first-order chi connectivity index (χ1) is 8.83. The van der Waals surface area contributed by atoms with Crippen LogP contribution in [0, 0.1) is 11.3 Å². The molecule has 0 saturated heterocycles. The highest BCUT2D eigenvalue weighted by molar-refractivity contribution is 7.09. The van der Waals surface area contributed by atoms with E-state index in [1.807, 2.05) is 23.8 Å². The molecule has 0 fully saturated rings. The van der Waals surface area contributed by atoms with Crippen molar-refractivity contribution in [1.82, 2.24) is 10.3 Å². The molecule has 1 aromatic carbocycles. The first-order valence-corrected chi connectivity index (χ1v) is 6.36. The summed E-state index contributed by atoms with van der Waals surface area (Å²) < 4.78 is 5.17. The van der Waals surface area contributed by atoms with Crippen molar-refractivity contribution < 1.29 is 4.74 Å². The molecule has 1 N–H and O–H groups in total. The Hall–Kier alpha value is -1.90. The largest absolute Gasteiger partial charge is 0.495 e. The van der Waals surface area contributed by atoms with E-state index in [9.17, 15) is 0 Å². The summed E-state index contributed by atoms with van der Waals surface area (Å²) in [5, 5.41) is 12.2. The predicted octanol–water partition coefficient (Wildman–Crippen LogP) is 2.31. The number of nitriles is 1. The molecule has 5 heteroatoms. The lowest BCUT2D eigenvalue weighted by molar-refractivity contribution is 0.412. The Kier molecular flexibility index (Phi) is 4.29. The minimum Gasteiger partial charge on any atom is -0.495 e. The predicted molar refractivity (Wildman–Crippen MR) is 70.4 cm³/mol. The van der Waals surface area contributed by atoms with Crippen LogP contribution in [0.1, 0.15) is 16.0 Å². The van der Waals surface area contributed by atoms with Gasteiger partial charge in [-0.3, -0.25) is 4.98 Å². The first-order valence-electron chi connectivity index (χ1n) is 5.48. The van der Waals surface area contributed by atoms with Gasteiger partial charge >= 0.3 is 0 Å². The lowest BCUT2D eigenvalue weighted by atomic mass is 10.1. The Morgan fingerprint density at radius 1 is 1.44 bits per heavy atom. The number of thiazole rings is 1. The lowest BCUT2D eigenvalue weighted by Gasteiger charge is -2.07. The Morgan fingerprint density at radius 2 is 2.33 bits per heavy atom. The third-order valence-electron chi connectivity index (χ3n) is 2.50. The Morgan fingerprint density at radius 3 is 3.00 bits per heavy atom. The van der Waals surface area contributed by atoms with E-state index < -0.39 is 0 Å². The fourth-order valence-electron chi connectivity index (χ4n) is 1.60. The van der Waals surface area contributed by atoms with Gasteiger partial charge in [0.1, 0.15) is 11.8 Å². The van der Waals surface area contributed by atoms with Crippen LogP contribution in [0.4, 0.5) is 0 Å². The third-order valence-corrected chi connectivity index (χ3v) is 3.28. The summed E-state index contributed by atoms with van der Waals surface area (Å²) in [7, 11) is 1.57. The third kappa shape index (κ3) is 3.06. The minimum absolute atomic E-state index is 0.559. The normalized spacial score (nSPS) is 10.0. The zero-order valence-electron chi connectivity index (χ0n) is 10.0. The number of hydrogen-bond donors (Lipinski definition) is 1. The zero-order valence-corrected chi connectivity index (χ0v) is 10.8. The van der Waals surface area contributed by atoms with Crippen molar-refractivity contribution in [3.8, 4) is 11.8 Å². The molecule has 0 bridgehead atoms. The van der Waals surface area contributed by atoms with E-state index in [0.717, 1.165) is 18.7 Å². The van der Waals surface area contributed by atoms with Crippen molar-refractivity contribution in [3.63, 3.8) is 0 Å². The van der Waals surface area contributed by atoms with Crippen LogP contribution in [0.5, 0.6) is 5.75 Å². The maximum atomic E-state index is 8.89. The van der Waals surface area contributed by atoms with Gasteiger partial charge in [0.2, 0.25) is 0 Å². The van der Waals surface area contributed by atoms with Gasteiger partial charge in [-0.15, -0.1) is 11.3 Å². The van der Waals surface area contributed by atoms with E-state index in [1.54, 1.807) is 24.5 Å². The van der Waals surface area contributed by atoms with E-state index in [0.29, 0.717) is 11.3 Å². The molecule has 92 valence electrons. The number of aromatic nitrogens is 1. The molecule has 2 rings (SSSR count). The van der Waals surface area contributed by atoms with Crippen molar-refractivity contribution >= 4 is 11.3 Å². The SMILES string of the molecule is COc1cc(CNCc2cncs2)ccc1C#N. The molecule has 0 atom stereocenters. The fraction of sp³-hybridized carbons (Fsp3) is 0.231. The van der Waals surface area contributed by atoms with Gasteiger partial charge in [-0.2, -0.15) is 5.26 Å². The highest BCUT2D eigenvalue weighted by Crippen LogP contribution is 2.19. The molecule has 1 heterocycles. The average molecular weight is 259 g/mol. The van der Waals surface area contributed by atoms with Crippen LogP contribution in [0.2, 0.25) is 0 Å². The number of benzene rings is 1. The summed E-state index contributed by atoms with van der Waals surface area (Å²) >= 11 is 1.63. The molecular weight excluding hydrogens is 246 g/mol. The summed E-state index contributed by atoms with van der Waals surface area (Å²) in [6.07, 6.45) is 1.86. The van der Waals surface area contributed by atoms with Gasteiger partial charge in [0.15, 0.2) is 0 Å². The molecule has 0 amide bonds. The second-order valence-corrected chi connectivity index (χ2v) is 4.69. The van der Waals surface area contributed by atoms with Crippen LogP contribution in [-0.4, -0.2) is 12.1 Å². The standard InChI is InChI=1S/C13H13N3OS/c1-17-13-4-10(2-3-11(13)5-14)6-15-7-12-8-16-9-18-12/h2-4,8-9,15H,6-7H2,1H3. The monoisotopic (exact) mass is 259 g/mol. The van der Waals surface area contributed by atoms with E-state index in [-0.39, 0.29) is 0 Å². The number of hydrogen-bond acceptors (Lipinski definition) is 5. The molecule has 4 nitrogen and oxygen atoms in total. The zero-order chi connectivity index (χ0) is 12.8. The highest BCUT2D eigenvalue weighted by atomic mass is 32.1. The maximum absolute atomic E-state index is 8.89. The quantitative estimate of drug-likeness (QED) is 0.895. The van der Waals surface area contributed by atoms with E-state index >= 15 is 0 Å². The maximum Gasteiger partial charge on any atom is 0.136 e. The summed E-state index contributed by atoms with van der Waals surface area (Å²) in [5.74, 6) is 0.620. The molecule has 0 aliphatic heterocycles. The fourth-order valence-corrected chi connectivity index (χ4v) is 2.16. The summed E-state index contributed by atoms with van der Waals surface area (Å²) in [5.41, 5.74) is 3.47. The van der Waals surface area contributed by atoms with Gasteiger partial charge in [0, 0.05) is 24.2 Å². The van der Waals surface area contributed by atoms with Crippen molar-refractivity contribution in [1.29, 1.82) is 5.26 Å². The van der Waals surface area contributed by atoms with Gasteiger partial charge in [0.05, 0.1) is 18.2 Å². The van der Waals surface area contributed by atoms with Gasteiger partial charge in [-0.1, -0.05) is 6.07 Å². The summed E-state index contributed by atoms with van der Waals surface area (Å²) in [4.78, 5) is 5.22. The lowest BCUT2D eigenvalue weighted by Crippen LogP contribution is -2.11. The number of rotatable bonds is 5. The smallest absolute Gasteiger partial charge is 0.136 e. The molecular formula is C13H13N3OS. The molecule has 1 aromatic heterocycles. The molecule has 0 saturated carbocycles. The van der Waals surface area contributed by atoms with Crippen molar-refractivity contribution in [2.75, 3.05) is 7.11 Å². The average Bonchev–Trinajstić information content (AvgIpc) is 2.91. The van der Waals surface area contributed by atoms with Gasteiger partial charge < -0.3 is 10.1 Å². The van der Waals surface area contributed by atoms with E-state index in [2.05, 4.69) is 16.4 Å². The van der Waals surface area contributed by atoms with Gasteiger partial charge in [-0.25, -0.2) is 0 Å². The number of methoxy groups -OCH3 is 1. The molecule has 2 aromatic rings. The van der Waals surface area contributed by atoms with Gasteiger partial charge in [0.25, 0.3) is 0 Å². The molecule has 0 aliphatic rings. The van der Waals surface area contributed by atoms with Crippen molar-refractivity contribution in [2.24, 2.45) is 0 Å². The van der Waals surface area contributed by atoms with E-state index in [4.69, 9.17) is 10.00 Å². The number of nitrogens with zero attached hydrogens (tertiary/aromatic N) is 2. The van der Waals surface area contributed by atoms with Crippen LogP contribution in [0.25, 0.3) is 0 Å². The van der Waals surface area contributed by atoms with Gasteiger partial charge in [-0.05, 0) is 17.7 Å². The van der Waals surface area contributed by atoms with Crippen LogP contribution >= 0.6 is 11.3 Å². The van der Waals surface area contributed by atoms with Crippen LogP contribution in [0.3, 0.4) is 0 Å². The van der Waals surface area contributed by atoms with Crippen LogP contribution in [0.15, 0.2) is 29.9 Å². The molecule has 0 unspecified atom stereocenters. The molecule has 0 spiro atoms. The second-order valence-electron chi connectivity index (χ2n) is 3.72. The number of ether oxygens (including phenoxy) is 1. The molecule has 0 aliphatic carbocycles. The number of nitrogens with one attached hydrogen (secondary N) is 1. The Bertz CT molecular complexity index is 546. The summed E-state index contributed by atoms with van der Waals surface area (Å²) in [6.45, 7) is 1.53. The minimum atomic E-state index is 0.559. The second kappa shape index (κ2) is 6.15. The van der Waals surface area contributed by atoms with Crippen LogP contribution in [-0.2, 0) is 13.1 Å². The van der Waals surface area contributed by atoms with E-state index in [1.165, 1.54) is 4.88 Å². The first kappa shape index (κ1) is 12.6.